The van der Waals surface area contributed by atoms with E-state index in [4.69, 9.17) is 9.47 Å². The molecule has 1 unspecified atom stereocenters. The maximum Gasteiger partial charge on any atom is 0.163 e. The van der Waals surface area contributed by atoms with E-state index in [1.54, 1.807) is 6.07 Å². The highest BCUT2D eigenvalue weighted by atomic mass is 79.9. The van der Waals surface area contributed by atoms with Gasteiger partial charge in [-0.3, -0.25) is 0 Å². The molecule has 0 aliphatic heterocycles. The fourth-order valence-corrected chi connectivity index (χ4v) is 1.79. The number of alkyl halides is 1. The van der Waals surface area contributed by atoms with Gasteiger partial charge in [-0.15, -0.1) is 0 Å². The topological polar surface area (TPSA) is 18.5 Å². The lowest BCUT2D eigenvalue weighted by Crippen LogP contribution is -2.03. The van der Waals surface area contributed by atoms with Crippen molar-refractivity contribution in [2.45, 2.75) is 18.7 Å². The molecule has 0 heterocycles. The Morgan fingerprint density at radius 2 is 1.62 bits per heavy atom. The van der Waals surface area contributed by atoms with Crippen LogP contribution in [0, 0.1) is 11.7 Å². The fourth-order valence-electron chi connectivity index (χ4n) is 1.44. The van der Waals surface area contributed by atoms with Gasteiger partial charge >= 0.3 is 0 Å². The van der Waals surface area contributed by atoms with Gasteiger partial charge in [-0.1, -0.05) is 29.8 Å². The molecule has 0 fully saturated rings. The van der Waals surface area contributed by atoms with Crippen LogP contribution in [-0.4, -0.2) is 14.2 Å². The van der Waals surface area contributed by atoms with E-state index in [1.165, 1.54) is 20.3 Å². The predicted octanol–water partition coefficient (Wildman–Crippen LogP) is 3.93. The minimum Gasteiger partial charge on any atom is -0.493 e. The Labute approximate surface area is 104 Å². The summed E-state index contributed by atoms with van der Waals surface area (Å²) in [6, 6.07) is 3.03. The van der Waals surface area contributed by atoms with Gasteiger partial charge in [0.15, 0.2) is 11.5 Å². The van der Waals surface area contributed by atoms with Gasteiger partial charge in [0, 0.05) is 16.5 Å². The third-order valence-corrected chi connectivity index (χ3v) is 3.94. The van der Waals surface area contributed by atoms with Crippen molar-refractivity contribution in [1.29, 1.82) is 0 Å². The zero-order valence-electron chi connectivity index (χ0n) is 9.88. The number of hydrogen-bond acceptors (Lipinski definition) is 2. The number of benzene rings is 1. The third kappa shape index (κ3) is 2.67. The third-order valence-electron chi connectivity index (χ3n) is 2.39. The molecule has 0 bridgehead atoms. The summed E-state index contributed by atoms with van der Waals surface area (Å²) in [5.74, 6) is 0.969. The Hall–Kier alpha value is -0.770. The van der Waals surface area contributed by atoms with Crippen molar-refractivity contribution in [2.24, 2.45) is 5.92 Å². The Kier molecular flexibility index (Phi) is 4.59. The summed E-state index contributed by atoms with van der Waals surface area (Å²) in [5.41, 5.74) is 0.590. The predicted molar refractivity (Wildman–Crippen MR) is 66.0 cm³/mol. The molecule has 0 spiro atoms. The van der Waals surface area contributed by atoms with Gasteiger partial charge in [0.25, 0.3) is 0 Å². The molecular weight excluding hydrogens is 275 g/mol. The van der Waals surface area contributed by atoms with Crippen molar-refractivity contribution < 1.29 is 13.9 Å². The average molecular weight is 291 g/mol. The largest absolute Gasteiger partial charge is 0.493 e. The van der Waals surface area contributed by atoms with Crippen LogP contribution in [0.4, 0.5) is 4.39 Å². The first-order valence-electron chi connectivity index (χ1n) is 5.06. The Morgan fingerprint density at radius 1 is 1.12 bits per heavy atom. The monoisotopic (exact) mass is 290 g/mol. The van der Waals surface area contributed by atoms with Gasteiger partial charge in [-0.25, -0.2) is 4.39 Å². The van der Waals surface area contributed by atoms with Crippen LogP contribution in [0.25, 0.3) is 0 Å². The lowest BCUT2D eigenvalue weighted by atomic mass is 10.0. The highest BCUT2D eigenvalue weighted by Crippen LogP contribution is 2.38. The van der Waals surface area contributed by atoms with Gasteiger partial charge in [0.1, 0.15) is 5.82 Å². The molecule has 1 rings (SSSR count). The highest BCUT2D eigenvalue weighted by molar-refractivity contribution is 9.09. The van der Waals surface area contributed by atoms with Gasteiger partial charge in [0.05, 0.1) is 14.2 Å². The number of ether oxygens (including phenoxy) is 2. The first kappa shape index (κ1) is 13.3. The van der Waals surface area contributed by atoms with E-state index >= 15 is 0 Å². The van der Waals surface area contributed by atoms with E-state index < -0.39 is 0 Å². The summed E-state index contributed by atoms with van der Waals surface area (Å²) in [5, 5.41) is 0. The van der Waals surface area contributed by atoms with Gasteiger partial charge in [0.2, 0.25) is 0 Å². The van der Waals surface area contributed by atoms with Crippen LogP contribution < -0.4 is 9.47 Å². The lowest BCUT2D eigenvalue weighted by Gasteiger charge is -2.17. The second kappa shape index (κ2) is 5.53. The van der Waals surface area contributed by atoms with E-state index in [-0.39, 0.29) is 10.6 Å². The average Bonchev–Trinajstić information content (AvgIpc) is 2.27. The van der Waals surface area contributed by atoms with Crippen LogP contribution in [0.1, 0.15) is 24.2 Å². The molecule has 0 aliphatic rings. The van der Waals surface area contributed by atoms with Crippen LogP contribution >= 0.6 is 15.9 Å². The smallest absolute Gasteiger partial charge is 0.163 e. The number of halogens is 2. The molecular formula is C12H16BrFO2. The molecule has 0 aromatic heterocycles. The maximum atomic E-state index is 13.8. The molecule has 0 N–H and O–H groups in total. The Morgan fingerprint density at radius 3 is 2.06 bits per heavy atom. The summed E-state index contributed by atoms with van der Waals surface area (Å²) in [7, 11) is 3.03. The molecule has 0 aliphatic carbocycles. The fraction of sp³-hybridized carbons (Fsp3) is 0.500. The molecule has 90 valence electrons. The van der Waals surface area contributed by atoms with Gasteiger partial charge in [-0.05, 0) is 12.0 Å². The normalized spacial score (nSPS) is 12.7. The van der Waals surface area contributed by atoms with E-state index in [0.717, 1.165) is 0 Å². The van der Waals surface area contributed by atoms with E-state index in [2.05, 4.69) is 15.9 Å². The Bertz CT molecular complexity index is 366. The van der Waals surface area contributed by atoms with E-state index in [9.17, 15) is 4.39 Å². The summed E-state index contributed by atoms with van der Waals surface area (Å²) in [6.45, 7) is 4.05. The van der Waals surface area contributed by atoms with Crippen LogP contribution in [0.5, 0.6) is 11.5 Å². The first-order valence-corrected chi connectivity index (χ1v) is 5.98. The summed E-state index contributed by atoms with van der Waals surface area (Å²) >= 11 is 3.47. The van der Waals surface area contributed by atoms with E-state index in [0.29, 0.717) is 23.0 Å². The molecule has 4 heteroatoms. The molecule has 1 aromatic rings. The molecule has 2 nitrogen and oxygen atoms in total. The number of rotatable bonds is 4. The van der Waals surface area contributed by atoms with Crippen molar-refractivity contribution in [3.8, 4) is 11.5 Å². The quantitative estimate of drug-likeness (QED) is 0.782. The minimum atomic E-state index is -0.284. The van der Waals surface area contributed by atoms with Crippen LogP contribution in [-0.2, 0) is 0 Å². The molecule has 0 saturated heterocycles. The maximum absolute atomic E-state index is 13.8. The van der Waals surface area contributed by atoms with Gasteiger partial charge < -0.3 is 9.47 Å². The van der Waals surface area contributed by atoms with Crippen molar-refractivity contribution in [2.75, 3.05) is 14.2 Å². The summed E-state index contributed by atoms with van der Waals surface area (Å²) in [4.78, 5) is -0.0349. The van der Waals surface area contributed by atoms with Crippen LogP contribution in [0.2, 0.25) is 0 Å². The molecule has 1 atom stereocenters. The zero-order chi connectivity index (χ0) is 12.3. The van der Waals surface area contributed by atoms with Gasteiger partial charge in [-0.2, -0.15) is 0 Å². The van der Waals surface area contributed by atoms with Crippen molar-refractivity contribution in [1.82, 2.24) is 0 Å². The highest BCUT2D eigenvalue weighted by Gasteiger charge is 2.19. The lowest BCUT2D eigenvalue weighted by molar-refractivity contribution is 0.351. The second-order valence-electron chi connectivity index (χ2n) is 3.87. The first-order chi connectivity index (χ1) is 7.51. The van der Waals surface area contributed by atoms with Crippen LogP contribution in [0.3, 0.4) is 0 Å². The zero-order valence-corrected chi connectivity index (χ0v) is 11.5. The number of methoxy groups -OCH3 is 2. The van der Waals surface area contributed by atoms with Crippen molar-refractivity contribution in [3.05, 3.63) is 23.5 Å². The standard InChI is InChI=1S/C12H16BrFO2/c1-7(2)12(13)8-5-10(15-3)11(16-4)6-9(8)14/h5-7,12H,1-4H3. The Balaban J connectivity index is 3.21. The number of hydrogen-bond donors (Lipinski definition) is 0. The second-order valence-corrected chi connectivity index (χ2v) is 4.86. The molecule has 16 heavy (non-hydrogen) atoms. The molecule has 0 amide bonds. The van der Waals surface area contributed by atoms with Crippen molar-refractivity contribution in [3.63, 3.8) is 0 Å². The molecule has 1 aromatic carbocycles. The molecule has 0 radical (unpaired) electrons. The van der Waals surface area contributed by atoms with Crippen molar-refractivity contribution >= 4 is 15.9 Å². The summed E-state index contributed by atoms with van der Waals surface area (Å²) < 4.78 is 24.0. The van der Waals surface area contributed by atoms with Crippen LogP contribution in [0.15, 0.2) is 12.1 Å². The minimum absolute atomic E-state index is 0.0349. The molecule has 0 saturated carbocycles. The summed E-state index contributed by atoms with van der Waals surface area (Å²) in [6.07, 6.45) is 0. The SMILES string of the molecule is COc1cc(F)c(C(Br)C(C)C)cc1OC. The van der Waals surface area contributed by atoms with E-state index in [1.807, 2.05) is 13.8 Å².